The van der Waals surface area contributed by atoms with E-state index < -0.39 is 22.7 Å². The number of hydrogen-bond donors (Lipinski definition) is 1. The zero-order valence-electron chi connectivity index (χ0n) is 20.4. The lowest BCUT2D eigenvalue weighted by atomic mass is 9.95. The topological polar surface area (TPSA) is 113 Å². The number of carbonyl (C=O) groups is 2. The van der Waals surface area contributed by atoms with Crippen LogP contribution in [0.4, 0.5) is 5.69 Å². The molecule has 1 heterocycles. The number of nitro groups is 1. The fourth-order valence-corrected chi connectivity index (χ4v) is 4.17. The van der Waals surface area contributed by atoms with Gasteiger partial charge in [-0.2, -0.15) is 0 Å². The number of ether oxygens (including phenoxy) is 1. The number of carbonyl (C=O) groups excluding carboxylic acids is 2. The van der Waals surface area contributed by atoms with Crippen molar-refractivity contribution in [3.05, 3.63) is 75.3 Å². The molecule has 1 amide bonds. The van der Waals surface area contributed by atoms with Crippen LogP contribution in [-0.2, 0) is 9.59 Å². The summed E-state index contributed by atoms with van der Waals surface area (Å²) in [6.07, 6.45) is -0.0283. The number of rotatable bonds is 10. The van der Waals surface area contributed by atoms with Gasteiger partial charge in [-0.3, -0.25) is 19.7 Å². The predicted molar refractivity (Wildman–Crippen MR) is 132 cm³/mol. The van der Waals surface area contributed by atoms with Crippen molar-refractivity contribution in [1.29, 1.82) is 0 Å². The molecular weight excluding hydrogens is 450 g/mol. The molecule has 0 saturated carbocycles. The Hall–Kier alpha value is -3.72. The van der Waals surface area contributed by atoms with Crippen LogP contribution in [0.1, 0.15) is 44.9 Å². The standard InChI is InChI=1S/C26H31N3O6/c1-5-27(6-2)14-15-28-23(19-8-7-9-20(16-19)29(33)34)22(25(31)26(28)32)24(30)18-10-12-21(13-11-18)35-17(3)4/h7-13,16-17,23,30H,5-6,14-15H2,1-4H3/t23-/m0/s1. The van der Waals surface area contributed by atoms with Crippen LogP contribution in [0, 0.1) is 10.1 Å². The van der Waals surface area contributed by atoms with Crippen molar-refractivity contribution >= 4 is 23.1 Å². The van der Waals surface area contributed by atoms with E-state index in [1.54, 1.807) is 30.3 Å². The summed E-state index contributed by atoms with van der Waals surface area (Å²) in [4.78, 5) is 40.6. The first-order valence-electron chi connectivity index (χ1n) is 11.7. The number of benzene rings is 2. The summed E-state index contributed by atoms with van der Waals surface area (Å²) in [7, 11) is 0. The van der Waals surface area contributed by atoms with Crippen LogP contribution >= 0.6 is 0 Å². The summed E-state index contributed by atoms with van der Waals surface area (Å²) in [6, 6.07) is 11.4. The highest BCUT2D eigenvalue weighted by Gasteiger charge is 2.46. The first-order valence-corrected chi connectivity index (χ1v) is 11.7. The lowest BCUT2D eigenvalue weighted by Gasteiger charge is -2.28. The van der Waals surface area contributed by atoms with Crippen LogP contribution in [0.3, 0.4) is 0 Å². The third-order valence-electron chi connectivity index (χ3n) is 5.99. The lowest BCUT2D eigenvalue weighted by molar-refractivity contribution is -0.384. The Labute approximate surface area is 204 Å². The Morgan fingerprint density at radius 1 is 1.14 bits per heavy atom. The zero-order valence-corrected chi connectivity index (χ0v) is 20.4. The first kappa shape index (κ1) is 25.9. The minimum absolute atomic E-state index is 0.0283. The zero-order chi connectivity index (χ0) is 25.7. The highest BCUT2D eigenvalue weighted by atomic mass is 16.6. The minimum Gasteiger partial charge on any atom is -0.507 e. The van der Waals surface area contributed by atoms with Gasteiger partial charge in [-0.1, -0.05) is 26.0 Å². The van der Waals surface area contributed by atoms with Gasteiger partial charge in [-0.15, -0.1) is 0 Å². The van der Waals surface area contributed by atoms with E-state index in [2.05, 4.69) is 4.90 Å². The molecule has 1 atom stereocenters. The van der Waals surface area contributed by atoms with E-state index in [0.29, 0.717) is 23.4 Å². The van der Waals surface area contributed by atoms with Gasteiger partial charge in [-0.05, 0) is 56.8 Å². The van der Waals surface area contributed by atoms with Crippen LogP contribution in [0.2, 0.25) is 0 Å². The van der Waals surface area contributed by atoms with E-state index in [0.717, 1.165) is 13.1 Å². The molecule has 1 aliphatic rings. The number of hydrogen-bond acceptors (Lipinski definition) is 7. The second-order valence-electron chi connectivity index (χ2n) is 8.56. The van der Waals surface area contributed by atoms with Crippen molar-refractivity contribution in [1.82, 2.24) is 9.80 Å². The lowest BCUT2D eigenvalue weighted by Crippen LogP contribution is -2.38. The number of likely N-dealkylation sites (N-methyl/N-ethyl adjacent to an activating group) is 1. The van der Waals surface area contributed by atoms with Gasteiger partial charge in [-0.25, -0.2) is 0 Å². The Balaban J connectivity index is 2.09. The molecule has 1 N–H and O–H groups in total. The Bertz CT molecular complexity index is 1120. The number of ketones is 1. The number of aliphatic hydroxyl groups is 1. The molecule has 35 heavy (non-hydrogen) atoms. The van der Waals surface area contributed by atoms with Crippen LogP contribution in [0.25, 0.3) is 5.76 Å². The van der Waals surface area contributed by atoms with Crippen molar-refractivity contribution in [2.45, 2.75) is 39.8 Å². The smallest absolute Gasteiger partial charge is 0.295 e. The largest absolute Gasteiger partial charge is 0.507 e. The molecular formula is C26H31N3O6. The van der Waals surface area contributed by atoms with Gasteiger partial charge < -0.3 is 19.6 Å². The monoisotopic (exact) mass is 481 g/mol. The molecule has 2 aromatic rings. The fraction of sp³-hybridized carbons (Fsp3) is 0.385. The second kappa shape index (κ2) is 11.1. The third kappa shape index (κ3) is 5.68. The highest BCUT2D eigenvalue weighted by molar-refractivity contribution is 6.46. The van der Waals surface area contributed by atoms with Crippen molar-refractivity contribution in [2.75, 3.05) is 26.2 Å². The van der Waals surface area contributed by atoms with Gasteiger partial charge >= 0.3 is 0 Å². The molecule has 1 aliphatic heterocycles. The molecule has 0 radical (unpaired) electrons. The molecule has 2 aromatic carbocycles. The fourth-order valence-electron chi connectivity index (χ4n) is 4.17. The van der Waals surface area contributed by atoms with Gasteiger partial charge in [0, 0.05) is 30.8 Å². The van der Waals surface area contributed by atoms with Crippen LogP contribution in [0.5, 0.6) is 5.75 Å². The maximum atomic E-state index is 13.1. The predicted octanol–water partition coefficient (Wildman–Crippen LogP) is 4.15. The average molecular weight is 482 g/mol. The summed E-state index contributed by atoms with van der Waals surface area (Å²) >= 11 is 0. The van der Waals surface area contributed by atoms with E-state index in [1.807, 2.05) is 27.7 Å². The van der Waals surface area contributed by atoms with E-state index in [1.165, 1.54) is 23.1 Å². The van der Waals surface area contributed by atoms with Gasteiger partial charge in [0.05, 0.1) is 22.6 Å². The molecule has 0 aliphatic carbocycles. The van der Waals surface area contributed by atoms with E-state index in [4.69, 9.17) is 4.74 Å². The first-order chi connectivity index (χ1) is 16.7. The number of amides is 1. The molecule has 0 unspecified atom stereocenters. The van der Waals surface area contributed by atoms with Crippen molar-refractivity contribution in [3.63, 3.8) is 0 Å². The summed E-state index contributed by atoms with van der Waals surface area (Å²) < 4.78 is 5.64. The molecule has 0 aromatic heterocycles. The summed E-state index contributed by atoms with van der Waals surface area (Å²) in [5.74, 6) is -1.29. The number of Topliss-reactive ketones (excluding diaryl/α,β-unsaturated/α-hetero) is 1. The van der Waals surface area contributed by atoms with E-state index in [-0.39, 0.29) is 29.7 Å². The molecule has 1 fully saturated rings. The average Bonchev–Trinajstić information content (AvgIpc) is 3.09. The third-order valence-corrected chi connectivity index (χ3v) is 5.99. The van der Waals surface area contributed by atoms with Gasteiger partial charge in [0.2, 0.25) is 0 Å². The maximum absolute atomic E-state index is 13.1. The molecule has 0 spiro atoms. The summed E-state index contributed by atoms with van der Waals surface area (Å²) in [6.45, 7) is 10.1. The maximum Gasteiger partial charge on any atom is 0.295 e. The van der Waals surface area contributed by atoms with Crippen molar-refractivity contribution in [3.8, 4) is 5.75 Å². The van der Waals surface area contributed by atoms with Crippen molar-refractivity contribution < 1.29 is 24.4 Å². The SMILES string of the molecule is CCN(CC)CCN1C(=O)C(=O)C(=C(O)c2ccc(OC(C)C)cc2)[C@@H]1c1cccc([N+](=O)[O-])c1. The molecule has 186 valence electrons. The Kier molecular flexibility index (Phi) is 8.24. The van der Waals surface area contributed by atoms with Crippen LogP contribution in [-0.4, -0.2) is 63.8 Å². The Morgan fingerprint density at radius 3 is 2.37 bits per heavy atom. The van der Waals surface area contributed by atoms with Crippen LogP contribution < -0.4 is 4.74 Å². The number of likely N-dealkylation sites (tertiary alicyclic amines) is 1. The van der Waals surface area contributed by atoms with Gasteiger partial charge in [0.15, 0.2) is 0 Å². The minimum atomic E-state index is -0.947. The van der Waals surface area contributed by atoms with E-state index >= 15 is 0 Å². The molecule has 0 bridgehead atoms. The van der Waals surface area contributed by atoms with Gasteiger partial charge in [0.1, 0.15) is 11.5 Å². The highest BCUT2D eigenvalue weighted by Crippen LogP contribution is 2.40. The van der Waals surface area contributed by atoms with Crippen LogP contribution in [0.15, 0.2) is 54.1 Å². The Morgan fingerprint density at radius 2 is 1.80 bits per heavy atom. The number of nitrogens with zero attached hydrogens (tertiary/aromatic N) is 3. The quantitative estimate of drug-likeness (QED) is 0.178. The van der Waals surface area contributed by atoms with Gasteiger partial charge in [0.25, 0.3) is 17.4 Å². The molecule has 1 saturated heterocycles. The van der Waals surface area contributed by atoms with E-state index in [9.17, 15) is 24.8 Å². The second-order valence-corrected chi connectivity index (χ2v) is 8.56. The normalized spacial score (nSPS) is 17.4. The summed E-state index contributed by atoms with van der Waals surface area (Å²) in [5.41, 5.74) is 0.483. The molecule has 9 heteroatoms. The molecule has 9 nitrogen and oxygen atoms in total. The summed E-state index contributed by atoms with van der Waals surface area (Å²) in [5, 5.41) is 22.6. The number of non-ortho nitro benzene ring substituents is 1. The number of aliphatic hydroxyl groups excluding tert-OH is 1. The number of nitro benzene ring substituents is 1. The van der Waals surface area contributed by atoms with Crippen molar-refractivity contribution in [2.24, 2.45) is 0 Å². The molecule has 3 rings (SSSR count).